The Morgan fingerprint density at radius 2 is 2.11 bits per heavy atom. The van der Waals surface area contributed by atoms with Gasteiger partial charge in [0.1, 0.15) is 5.82 Å². The number of amides is 1. The van der Waals surface area contributed by atoms with Gasteiger partial charge in [0.15, 0.2) is 0 Å². The van der Waals surface area contributed by atoms with Gasteiger partial charge >= 0.3 is 0 Å². The van der Waals surface area contributed by atoms with Crippen molar-refractivity contribution in [1.82, 2.24) is 19.4 Å². The standard InChI is InChI=1S/C21H23ClN4O2/c1-28-11-10-26-19-13-23-8-6-18(19)24-21(26)16-7-9-25(14-16)20(27)12-15-2-4-17(22)5-3-15/h2-6,8,13,16H,7,9-12,14H2,1H3/t16-/m1/s1. The van der Waals surface area contributed by atoms with E-state index in [1.807, 2.05) is 41.4 Å². The Morgan fingerprint density at radius 1 is 1.29 bits per heavy atom. The number of imidazole rings is 1. The molecule has 1 atom stereocenters. The van der Waals surface area contributed by atoms with Gasteiger partial charge < -0.3 is 14.2 Å². The van der Waals surface area contributed by atoms with E-state index in [0.29, 0.717) is 24.6 Å². The summed E-state index contributed by atoms with van der Waals surface area (Å²) >= 11 is 5.93. The first-order chi connectivity index (χ1) is 13.7. The largest absolute Gasteiger partial charge is 0.383 e. The second-order valence-corrected chi connectivity index (χ2v) is 7.54. The normalized spacial score (nSPS) is 16.8. The van der Waals surface area contributed by atoms with Crippen LogP contribution in [0.5, 0.6) is 0 Å². The Hall–Kier alpha value is -2.44. The van der Waals surface area contributed by atoms with Gasteiger partial charge in [0.05, 0.1) is 30.3 Å². The predicted molar refractivity (Wildman–Crippen MR) is 108 cm³/mol. The molecular formula is C21H23ClN4O2. The van der Waals surface area contributed by atoms with Gasteiger partial charge in [0.2, 0.25) is 5.91 Å². The molecule has 7 heteroatoms. The third-order valence-corrected chi connectivity index (χ3v) is 5.53. The smallest absolute Gasteiger partial charge is 0.227 e. The molecule has 146 valence electrons. The molecule has 3 aromatic rings. The Labute approximate surface area is 169 Å². The molecule has 1 amide bonds. The van der Waals surface area contributed by atoms with Crippen molar-refractivity contribution in [3.05, 3.63) is 59.1 Å². The molecule has 1 fully saturated rings. The number of aromatic nitrogens is 3. The van der Waals surface area contributed by atoms with Crippen molar-refractivity contribution in [2.75, 3.05) is 26.8 Å². The molecule has 28 heavy (non-hydrogen) atoms. The molecule has 1 aliphatic heterocycles. The van der Waals surface area contributed by atoms with Gasteiger partial charge in [-0.2, -0.15) is 0 Å². The van der Waals surface area contributed by atoms with Gasteiger partial charge in [-0.15, -0.1) is 0 Å². The lowest BCUT2D eigenvalue weighted by molar-refractivity contribution is -0.129. The van der Waals surface area contributed by atoms with E-state index >= 15 is 0 Å². The minimum absolute atomic E-state index is 0.144. The van der Waals surface area contributed by atoms with E-state index in [9.17, 15) is 4.79 Å². The second kappa shape index (κ2) is 8.29. The lowest BCUT2D eigenvalue weighted by atomic mass is 10.1. The number of fused-ring (bicyclic) bond motifs is 1. The number of benzene rings is 1. The molecule has 4 rings (SSSR count). The first kappa shape index (κ1) is 18.9. The summed E-state index contributed by atoms with van der Waals surface area (Å²) in [6.45, 7) is 2.78. The summed E-state index contributed by atoms with van der Waals surface area (Å²) in [6.07, 6.45) is 4.92. The summed E-state index contributed by atoms with van der Waals surface area (Å²) < 4.78 is 7.46. The van der Waals surface area contributed by atoms with E-state index in [0.717, 1.165) is 41.9 Å². The molecule has 3 heterocycles. The third-order valence-electron chi connectivity index (χ3n) is 5.27. The van der Waals surface area contributed by atoms with Crippen LogP contribution in [0, 0.1) is 0 Å². The highest BCUT2D eigenvalue weighted by molar-refractivity contribution is 6.30. The molecule has 0 bridgehead atoms. The highest BCUT2D eigenvalue weighted by Gasteiger charge is 2.30. The van der Waals surface area contributed by atoms with Crippen LogP contribution in [-0.4, -0.2) is 52.1 Å². The molecule has 0 unspecified atom stereocenters. The highest BCUT2D eigenvalue weighted by atomic mass is 35.5. The number of carbonyl (C=O) groups excluding carboxylic acids is 1. The van der Waals surface area contributed by atoms with Gasteiger partial charge in [-0.3, -0.25) is 9.78 Å². The number of pyridine rings is 1. The maximum absolute atomic E-state index is 12.7. The lowest BCUT2D eigenvalue weighted by Gasteiger charge is -2.17. The Morgan fingerprint density at radius 3 is 2.89 bits per heavy atom. The predicted octanol–water partition coefficient (Wildman–Crippen LogP) is 3.29. The van der Waals surface area contributed by atoms with Gasteiger partial charge in [-0.05, 0) is 30.2 Å². The number of carbonyl (C=O) groups is 1. The van der Waals surface area contributed by atoms with Crippen LogP contribution in [-0.2, 0) is 22.5 Å². The average Bonchev–Trinajstić information content (AvgIpc) is 3.33. The summed E-state index contributed by atoms with van der Waals surface area (Å²) in [6, 6.07) is 9.39. The van der Waals surface area contributed by atoms with Gasteiger partial charge in [-0.25, -0.2) is 4.98 Å². The zero-order chi connectivity index (χ0) is 19.5. The van der Waals surface area contributed by atoms with E-state index in [1.165, 1.54) is 0 Å². The number of hydrogen-bond acceptors (Lipinski definition) is 4. The van der Waals surface area contributed by atoms with Crippen molar-refractivity contribution in [2.24, 2.45) is 0 Å². The number of likely N-dealkylation sites (tertiary alicyclic amines) is 1. The second-order valence-electron chi connectivity index (χ2n) is 7.11. The van der Waals surface area contributed by atoms with Crippen LogP contribution >= 0.6 is 11.6 Å². The minimum Gasteiger partial charge on any atom is -0.383 e. The third kappa shape index (κ3) is 3.88. The van der Waals surface area contributed by atoms with E-state index in [-0.39, 0.29) is 11.8 Å². The molecule has 6 nitrogen and oxygen atoms in total. The van der Waals surface area contributed by atoms with Gasteiger partial charge in [0.25, 0.3) is 0 Å². The quantitative estimate of drug-likeness (QED) is 0.639. The van der Waals surface area contributed by atoms with E-state index in [1.54, 1.807) is 13.3 Å². The topological polar surface area (TPSA) is 60.2 Å². The van der Waals surface area contributed by atoms with Crippen LogP contribution in [0.1, 0.15) is 23.7 Å². The SMILES string of the molecule is COCCn1c([C@@H]2CCN(C(=O)Cc3ccc(Cl)cc3)C2)nc2ccncc21. The summed E-state index contributed by atoms with van der Waals surface area (Å²) in [5, 5.41) is 0.682. The lowest BCUT2D eigenvalue weighted by Crippen LogP contribution is -2.30. The number of nitrogens with zero attached hydrogens (tertiary/aromatic N) is 4. The van der Waals surface area contributed by atoms with Crippen LogP contribution in [0.3, 0.4) is 0 Å². The van der Waals surface area contributed by atoms with E-state index < -0.39 is 0 Å². The molecule has 0 radical (unpaired) electrons. The fourth-order valence-electron chi connectivity index (χ4n) is 3.80. The zero-order valence-corrected chi connectivity index (χ0v) is 16.6. The summed E-state index contributed by atoms with van der Waals surface area (Å²) in [5.41, 5.74) is 2.93. The van der Waals surface area contributed by atoms with Crippen molar-refractivity contribution >= 4 is 28.5 Å². The number of rotatable bonds is 6. The molecule has 1 aromatic carbocycles. The van der Waals surface area contributed by atoms with Crippen LogP contribution in [0.4, 0.5) is 0 Å². The summed E-state index contributed by atoms with van der Waals surface area (Å²) in [5.74, 6) is 1.38. The average molecular weight is 399 g/mol. The fraction of sp³-hybridized carbons (Fsp3) is 0.381. The maximum atomic E-state index is 12.7. The zero-order valence-electron chi connectivity index (χ0n) is 15.8. The molecule has 0 aliphatic carbocycles. The number of ether oxygens (including phenoxy) is 1. The Kier molecular flexibility index (Phi) is 5.59. The first-order valence-electron chi connectivity index (χ1n) is 9.47. The number of hydrogen-bond donors (Lipinski definition) is 0. The van der Waals surface area contributed by atoms with Crippen molar-refractivity contribution in [2.45, 2.75) is 25.3 Å². The molecule has 0 spiro atoms. The van der Waals surface area contributed by atoms with Crippen molar-refractivity contribution in [3.63, 3.8) is 0 Å². The van der Waals surface area contributed by atoms with E-state index in [2.05, 4.69) is 9.55 Å². The molecule has 0 N–H and O–H groups in total. The Balaban J connectivity index is 1.50. The summed E-state index contributed by atoms with van der Waals surface area (Å²) in [4.78, 5) is 23.8. The fourth-order valence-corrected chi connectivity index (χ4v) is 3.93. The van der Waals surface area contributed by atoms with Crippen LogP contribution in [0.25, 0.3) is 11.0 Å². The first-order valence-corrected chi connectivity index (χ1v) is 9.85. The van der Waals surface area contributed by atoms with Gasteiger partial charge in [0, 0.05) is 43.9 Å². The minimum atomic E-state index is 0.144. The van der Waals surface area contributed by atoms with Crippen LogP contribution in [0.2, 0.25) is 5.02 Å². The van der Waals surface area contributed by atoms with Crippen molar-refractivity contribution in [1.29, 1.82) is 0 Å². The highest BCUT2D eigenvalue weighted by Crippen LogP contribution is 2.29. The van der Waals surface area contributed by atoms with Crippen LogP contribution < -0.4 is 0 Å². The molecular weight excluding hydrogens is 376 g/mol. The molecule has 1 saturated heterocycles. The molecule has 0 saturated carbocycles. The van der Waals surface area contributed by atoms with E-state index in [4.69, 9.17) is 21.3 Å². The Bertz CT molecular complexity index is 970. The molecule has 2 aromatic heterocycles. The maximum Gasteiger partial charge on any atom is 0.227 e. The number of halogens is 1. The monoisotopic (exact) mass is 398 g/mol. The van der Waals surface area contributed by atoms with Crippen LogP contribution in [0.15, 0.2) is 42.7 Å². The van der Waals surface area contributed by atoms with Gasteiger partial charge in [-0.1, -0.05) is 23.7 Å². The van der Waals surface area contributed by atoms with Crippen molar-refractivity contribution < 1.29 is 9.53 Å². The van der Waals surface area contributed by atoms with Crippen molar-refractivity contribution in [3.8, 4) is 0 Å². The summed E-state index contributed by atoms with van der Waals surface area (Å²) in [7, 11) is 1.70. The number of methoxy groups -OCH3 is 1. The molecule has 1 aliphatic rings.